The number of rotatable bonds is 4. The second kappa shape index (κ2) is 5.76. The molecule has 118 valence electrons. The fourth-order valence-corrected chi connectivity index (χ4v) is 1.85. The first-order valence-electron chi connectivity index (χ1n) is 6.06. The normalized spacial score (nSPS) is 15.3. The van der Waals surface area contributed by atoms with Crippen LogP contribution in [0.1, 0.15) is 5.56 Å². The number of carbonyl (C=O) groups excluding carboxylic acids is 2. The van der Waals surface area contributed by atoms with Crippen molar-refractivity contribution in [3.8, 4) is 0 Å². The van der Waals surface area contributed by atoms with Crippen LogP contribution < -0.4 is 5.32 Å². The van der Waals surface area contributed by atoms with Gasteiger partial charge >= 0.3 is 6.18 Å². The molecular weight excluding hydrogens is 308 g/mol. The van der Waals surface area contributed by atoms with Gasteiger partial charge in [0.25, 0.3) is 11.8 Å². The number of aliphatic hydroxyl groups excluding tert-OH is 1. The Bertz CT molecular complexity index is 655. The lowest BCUT2D eigenvalue weighted by molar-refractivity contribution is -0.138. The van der Waals surface area contributed by atoms with Gasteiger partial charge in [-0.2, -0.15) is 13.2 Å². The quantitative estimate of drug-likeness (QED) is 0.652. The molecule has 1 heterocycles. The van der Waals surface area contributed by atoms with Crippen LogP contribution in [0.2, 0.25) is 0 Å². The maximum absolute atomic E-state index is 13.7. The fraction of sp³-hybridized carbons (Fsp3) is 0.231. The summed E-state index contributed by atoms with van der Waals surface area (Å²) in [5.74, 6) is -2.70. The van der Waals surface area contributed by atoms with E-state index in [2.05, 4.69) is 5.32 Å². The maximum atomic E-state index is 13.7. The van der Waals surface area contributed by atoms with Crippen molar-refractivity contribution in [3.63, 3.8) is 0 Å². The highest BCUT2D eigenvalue weighted by molar-refractivity contribution is 6.17. The molecule has 0 atom stereocenters. The molecule has 0 aromatic heterocycles. The summed E-state index contributed by atoms with van der Waals surface area (Å²) in [4.78, 5) is 24.0. The van der Waals surface area contributed by atoms with E-state index in [0.717, 1.165) is 17.0 Å². The van der Waals surface area contributed by atoms with Crippen LogP contribution in [0.5, 0.6) is 0 Å². The Kier molecular flexibility index (Phi) is 4.18. The lowest BCUT2D eigenvalue weighted by Gasteiger charge is -2.14. The van der Waals surface area contributed by atoms with Crippen molar-refractivity contribution in [2.24, 2.45) is 0 Å². The van der Waals surface area contributed by atoms with Crippen molar-refractivity contribution in [2.75, 3.05) is 18.5 Å². The van der Waals surface area contributed by atoms with Crippen LogP contribution in [-0.2, 0) is 15.8 Å². The highest BCUT2D eigenvalue weighted by atomic mass is 19.4. The summed E-state index contributed by atoms with van der Waals surface area (Å²) in [6, 6.07) is 1.76. The highest BCUT2D eigenvalue weighted by Gasteiger charge is 2.33. The third kappa shape index (κ3) is 3.08. The number of benzene rings is 1. The molecule has 1 aromatic carbocycles. The number of halogens is 4. The Morgan fingerprint density at radius 1 is 1.23 bits per heavy atom. The van der Waals surface area contributed by atoms with Gasteiger partial charge in [-0.15, -0.1) is 0 Å². The Morgan fingerprint density at radius 3 is 2.45 bits per heavy atom. The molecule has 1 aliphatic heterocycles. The molecule has 2 rings (SSSR count). The van der Waals surface area contributed by atoms with Crippen LogP contribution in [0.4, 0.5) is 23.2 Å². The Morgan fingerprint density at radius 2 is 1.91 bits per heavy atom. The molecule has 9 heteroatoms. The monoisotopic (exact) mass is 318 g/mol. The molecule has 0 bridgehead atoms. The fourth-order valence-electron chi connectivity index (χ4n) is 1.85. The average Bonchev–Trinajstić information content (AvgIpc) is 2.68. The zero-order chi connectivity index (χ0) is 16.5. The number of hydrogen-bond donors (Lipinski definition) is 2. The van der Waals surface area contributed by atoms with E-state index in [0.29, 0.717) is 6.07 Å². The van der Waals surface area contributed by atoms with E-state index in [1.165, 1.54) is 0 Å². The second-order valence-electron chi connectivity index (χ2n) is 4.39. The minimum Gasteiger partial charge on any atom is -0.395 e. The molecule has 0 fully saturated rings. The van der Waals surface area contributed by atoms with Crippen molar-refractivity contribution in [1.29, 1.82) is 0 Å². The Hall–Kier alpha value is -2.42. The number of nitrogens with one attached hydrogen (secondary N) is 1. The smallest absolute Gasteiger partial charge is 0.395 e. The van der Waals surface area contributed by atoms with E-state index in [1.54, 1.807) is 0 Å². The number of β-amino-alcohol motifs (C(OH)–C–C–N with tert-alkyl or cyclic N) is 1. The Labute approximate surface area is 121 Å². The lowest BCUT2D eigenvalue weighted by atomic mass is 10.2. The predicted molar refractivity (Wildman–Crippen MR) is 66.9 cm³/mol. The van der Waals surface area contributed by atoms with E-state index in [1.807, 2.05) is 0 Å². The number of carbonyl (C=O) groups is 2. The van der Waals surface area contributed by atoms with E-state index >= 15 is 0 Å². The molecule has 2 amide bonds. The topological polar surface area (TPSA) is 69.6 Å². The summed E-state index contributed by atoms with van der Waals surface area (Å²) in [5, 5.41) is 11.0. The van der Waals surface area contributed by atoms with Crippen LogP contribution in [0.3, 0.4) is 0 Å². The molecule has 0 aliphatic carbocycles. The third-order valence-corrected chi connectivity index (χ3v) is 2.90. The van der Waals surface area contributed by atoms with Crippen molar-refractivity contribution in [2.45, 2.75) is 6.18 Å². The first kappa shape index (κ1) is 16.0. The van der Waals surface area contributed by atoms with Gasteiger partial charge in [0.2, 0.25) is 0 Å². The summed E-state index contributed by atoms with van der Waals surface area (Å²) in [6.07, 6.45) is -3.80. The maximum Gasteiger partial charge on any atom is 0.416 e. The summed E-state index contributed by atoms with van der Waals surface area (Å²) < 4.78 is 50.9. The SMILES string of the molecule is O=C1C=C(Nc2ccc(C(F)(F)F)cc2F)C(=O)N1CCO. The van der Waals surface area contributed by atoms with Gasteiger partial charge in [-0.1, -0.05) is 0 Å². The summed E-state index contributed by atoms with van der Waals surface area (Å²) in [7, 11) is 0. The minimum atomic E-state index is -4.68. The van der Waals surface area contributed by atoms with Crippen LogP contribution in [-0.4, -0.2) is 35.0 Å². The third-order valence-electron chi connectivity index (χ3n) is 2.90. The van der Waals surface area contributed by atoms with Crippen molar-refractivity contribution in [3.05, 3.63) is 41.4 Å². The summed E-state index contributed by atoms with van der Waals surface area (Å²) >= 11 is 0. The van der Waals surface area contributed by atoms with Crippen LogP contribution in [0, 0.1) is 5.82 Å². The van der Waals surface area contributed by atoms with Crippen LogP contribution in [0.15, 0.2) is 30.0 Å². The zero-order valence-corrected chi connectivity index (χ0v) is 10.9. The average molecular weight is 318 g/mol. The molecule has 0 saturated heterocycles. The van der Waals surface area contributed by atoms with Gasteiger partial charge in [-0.25, -0.2) is 4.39 Å². The molecule has 0 spiro atoms. The van der Waals surface area contributed by atoms with Gasteiger partial charge in [-0.05, 0) is 18.2 Å². The molecule has 0 saturated carbocycles. The van der Waals surface area contributed by atoms with Gasteiger partial charge in [0.05, 0.1) is 24.4 Å². The molecule has 0 unspecified atom stereocenters. The number of aliphatic hydroxyl groups is 1. The standard InChI is InChI=1S/C13H10F4N2O3/c14-8-5-7(13(15,16)17)1-2-9(8)18-10-6-11(21)19(3-4-20)12(10)22/h1-2,5-6,18,20H,3-4H2. The molecule has 2 N–H and O–H groups in total. The van der Waals surface area contributed by atoms with Gasteiger partial charge in [-0.3, -0.25) is 14.5 Å². The molecular formula is C13H10F4N2O3. The van der Waals surface area contributed by atoms with Crippen molar-refractivity contribution in [1.82, 2.24) is 4.90 Å². The lowest BCUT2D eigenvalue weighted by Crippen LogP contribution is -2.34. The van der Waals surface area contributed by atoms with E-state index < -0.39 is 36.0 Å². The minimum absolute atomic E-state index is 0.227. The summed E-state index contributed by atoms with van der Waals surface area (Å²) in [5.41, 5.74) is -1.82. The Balaban J connectivity index is 2.20. The molecule has 5 nitrogen and oxygen atoms in total. The van der Waals surface area contributed by atoms with Gasteiger partial charge in [0, 0.05) is 6.08 Å². The number of amides is 2. The van der Waals surface area contributed by atoms with Gasteiger partial charge in [0.1, 0.15) is 11.5 Å². The number of imide groups is 1. The van der Waals surface area contributed by atoms with E-state index in [4.69, 9.17) is 5.11 Å². The van der Waals surface area contributed by atoms with Gasteiger partial charge in [0.15, 0.2) is 0 Å². The van der Waals surface area contributed by atoms with Crippen LogP contribution in [0.25, 0.3) is 0 Å². The second-order valence-corrected chi connectivity index (χ2v) is 4.39. The van der Waals surface area contributed by atoms with Gasteiger partial charge < -0.3 is 10.4 Å². The predicted octanol–water partition coefficient (Wildman–Crippen LogP) is 1.50. The highest BCUT2D eigenvalue weighted by Crippen LogP contribution is 2.31. The molecule has 22 heavy (non-hydrogen) atoms. The number of hydrogen-bond acceptors (Lipinski definition) is 4. The first-order valence-corrected chi connectivity index (χ1v) is 6.06. The van der Waals surface area contributed by atoms with Crippen molar-refractivity contribution < 1.29 is 32.3 Å². The van der Waals surface area contributed by atoms with Crippen molar-refractivity contribution >= 4 is 17.5 Å². The number of alkyl halides is 3. The summed E-state index contributed by atoms with van der Waals surface area (Å²) in [6.45, 7) is -0.665. The van der Waals surface area contributed by atoms with E-state index in [-0.39, 0.29) is 24.0 Å². The number of anilines is 1. The van der Waals surface area contributed by atoms with E-state index in [9.17, 15) is 27.2 Å². The molecule has 0 radical (unpaired) electrons. The number of nitrogens with zero attached hydrogens (tertiary/aromatic N) is 1. The largest absolute Gasteiger partial charge is 0.416 e. The zero-order valence-electron chi connectivity index (χ0n) is 10.9. The molecule has 1 aromatic rings. The molecule has 1 aliphatic rings. The van der Waals surface area contributed by atoms with Crippen LogP contribution >= 0.6 is 0 Å². The first-order chi connectivity index (χ1) is 10.2.